The third-order valence-corrected chi connectivity index (χ3v) is 2.75. The Bertz CT molecular complexity index is 252. The van der Waals surface area contributed by atoms with Crippen LogP contribution >= 0.6 is 0 Å². The number of ether oxygens (including phenoxy) is 1. The zero-order chi connectivity index (χ0) is 11.9. The molecular weight excluding hydrogens is 216 g/mol. The van der Waals surface area contributed by atoms with E-state index in [0.29, 0.717) is 13.0 Å². The van der Waals surface area contributed by atoms with Crippen molar-refractivity contribution < 1.29 is 13.2 Å². The monoisotopic (exact) mass is 238 g/mol. The molecule has 0 atom stereocenters. The first-order chi connectivity index (χ1) is 6.81. The fourth-order valence-electron chi connectivity index (χ4n) is 1.09. The summed E-state index contributed by atoms with van der Waals surface area (Å²) in [6.45, 7) is 6.17. The van der Waals surface area contributed by atoms with Gasteiger partial charge < -0.3 is 9.64 Å². The minimum Gasteiger partial charge on any atom is -0.377 e. The topological polar surface area (TPSA) is 72.6 Å². The van der Waals surface area contributed by atoms with Crippen molar-refractivity contribution in [1.82, 2.24) is 4.90 Å². The summed E-state index contributed by atoms with van der Waals surface area (Å²) in [6.07, 6.45) is 0.805. The molecule has 0 saturated heterocycles. The van der Waals surface area contributed by atoms with Crippen molar-refractivity contribution in [3.63, 3.8) is 0 Å². The number of nitrogens with two attached hydrogens (primary N) is 1. The van der Waals surface area contributed by atoms with Crippen LogP contribution in [0.15, 0.2) is 0 Å². The Kier molecular flexibility index (Phi) is 7.08. The lowest BCUT2D eigenvalue weighted by molar-refractivity contribution is 0.0639. The molecule has 0 bridgehead atoms. The first-order valence-corrected chi connectivity index (χ1v) is 6.83. The molecule has 0 radical (unpaired) electrons. The van der Waals surface area contributed by atoms with Crippen LogP contribution < -0.4 is 5.14 Å². The lowest BCUT2D eigenvalue weighted by Gasteiger charge is -2.17. The summed E-state index contributed by atoms with van der Waals surface area (Å²) >= 11 is 0. The summed E-state index contributed by atoms with van der Waals surface area (Å²) in [7, 11) is -1.37. The molecule has 0 amide bonds. The normalized spacial score (nSPS) is 12.7. The van der Waals surface area contributed by atoms with Gasteiger partial charge in [-0.1, -0.05) is 0 Å². The number of primary sulfonamides is 1. The molecule has 0 aromatic carbocycles. The molecule has 92 valence electrons. The van der Waals surface area contributed by atoms with Gasteiger partial charge in [-0.3, -0.25) is 0 Å². The molecule has 0 rings (SSSR count). The highest BCUT2D eigenvalue weighted by Crippen LogP contribution is 1.92. The average Bonchev–Trinajstić information content (AvgIpc) is 2.00. The van der Waals surface area contributed by atoms with Gasteiger partial charge >= 0.3 is 0 Å². The van der Waals surface area contributed by atoms with Crippen LogP contribution in [0.1, 0.15) is 20.3 Å². The van der Waals surface area contributed by atoms with Gasteiger partial charge in [-0.25, -0.2) is 13.6 Å². The molecular formula is C9H22N2O3S. The molecule has 15 heavy (non-hydrogen) atoms. The number of hydrogen-bond donors (Lipinski definition) is 1. The molecule has 0 spiro atoms. The lowest BCUT2D eigenvalue weighted by atomic mass is 10.4. The van der Waals surface area contributed by atoms with Crippen LogP contribution in [0.3, 0.4) is 0 Å². The first-order valence-electron chi connectivity index (χ1n) is 5.12. The van der Waals surface area contributed by atoms with Crippen molar-refractivity contribution in [2.45, 2.75) is 26.4 Å². The van der Waals surface area contributed by atoms with Gasteiger partial charge in [0.25, 0.3) is 0 Å². The number of sulfonamides is 1. The maximum absolute atomic E-state index is 10.7. The van der Waals surface area contributed by atoms with Crippen molar-refractivity contribution in [2.24, 2.45) is 5.14 Å². The minimum absolute atomic E-state index is 0.0440. The summed E-state index contributed by atoms with van der Waals surface area (Å²) in [6, 6.07) is 0. The predicted octanol–water partition coefficient (Wildman–Crippen LogP) is 0.0218. The van der Waals surface area contributed by atoms with Crippen LogP contribution in [0.2, 0.25) is 0 Å². The van der Waals surface area contributed by atoms with Crippen molar-refractivity contribution >= 4 is 10.0 Å². The maximum atomic E-state index is 10.7. The molecule has 5 nitrogen and oxygen atoms in total. The first kappa shape index (κ1) is 14.8. The van der Waals surface area contributed by atoms with Gasteiger partial charge in [0.05, 0.1) is 18.5 Å². The van der Waals surface area contributed by atoms with Gasteiger partial charge in [-0.05, 0) is 33.9 Å². The van der Waals surface area contributed by atoms with Gasteiger partial charge in [0.2, 0.25) is 10.0 Å². The Balaban J connectivity index is 3.45. The fraction of sp³-hybridized carbons (Fsp3) is 1.00. The summed E-state index contributed by atoms with van der Waals surface area (Å²) in [5.41, 5.74) is 0. The number of likely N-dealkylation sites (N-methyl/N-ethyl adjacent to an activating group) is 1. The highest BCUT2D eigenvalue weighted by Gasteiger charge is 2.04. The van der Waals surface area contributed by atoms with Gasteiger partial charge in [-0.15, -0.1) is 0 Å². The average molecular weight is 238 g/mol. The van der Waals surface area contributed by atoms with E-state index in [1.807, 2.05) is 25.8 Å². The molecule has 0 aliphatic carbocycles. The fourth-order valence-corrected chi connectivity index (χ4v) is 1.62. The van der Waals surface area contributed by atoms with Crippen LogP contribution in [0.4, 0.5) is 0 Å². The van der Waals surface area contributed by atoms with E-state index in [0.717, 1.165) is 13.1 Å². The summed E-state index contributed by atoms with van der Waals surface area (Å²) in [4.78, 5) is 2.04. The minimum atomic E-state index is -3.31. The predicted molar refractivity (Wildman–Crippen MR) is 61.2 cm³/mol. The van der Waals surface area contributed by atoms with E-state index in [2.05, 4.69) is 0 Å². The van der Waals surface area contributed by atoms with E-state index in [4.69, 9.17) is 9.88 Å². The Morgan fingerprint density at radius 2 is 1.93 bits per heavy atom. The van der Waals surface area contributed by atoms with Crippen molar-refractivity contribution in [3.05, 3.63) is 0 Å². The zero-order valence-electron chi connectivity index (χ0n) is 9.77. The van der Waals surface area contributed by atoms with Crippen LogP contribution in [-0.2, 0) is 14.8 Å². The van der Waals surface area contributed by atoms with E-state index in [1.165, 1.54) is 0 Å². The molecule has 0 saturated carbocycles. The standard InChI is InChI=1S/C9H22N2O3S/c1-9(2)14-7-6-11(3)5-4-8-15(10,12)13/h9H,4-8H2,1-3H3,(H2,10,12,13). The lowest BCUT2D eigenvalue weighted by Crippen LogP contribution is -2.27. The molecule has 2 N–H and O–H groups in total. The second kappa shape index (κ2) is 7.16. The highest BCUT2D eigenvalue weighted by molar-refractivity contribution is 7.89. The molecule has 0 aromatic heterocycles. The number of rotatable bonds is 8. The van der Waals surface area contributed by atoms with Crippen LogP contribution in [0, 0.1) is 0 Å². The molecule has 0 aromatic rings. The van der Waals surface area contributed by atoms with Crippen LogP contribution in [0.25, 0.3) is 0 Å². The molecule has 6 heteroatoms. The quantitative estimate of drug-likeness (QED) is 0.647. The third kappa shape index (κ3) is 11.8. The van der Waals surface area contributed by atoms with Crippen molar-refractivity contribution in [3.8, 4) is 0 Å². The molecule has 0 unspecified atom stereocenters. The van der Waals surface area contributed by atoms with Gasteiger partial charge in [-0.2, -0.15) is 0 Å². The summed E-state index contributed by atoms with van der Waals surface area (Å²) in [5.74, 6) is 0.0440. The number of hydrogen-bond acceptors (Lipinski definition) is 4. The van der Waals surface area contributed by atoms with E-state index in [-0.39, 0.29) is 11.9 Å². The zero-order valence-corrected chi connectivity index (χ0v) is 10.6. The maximum Gasteiger partial charge on any atom is 0.209 e. The molecule has 0 fully saturated rings. The highest BCUT2D eigenvalue weighted by atomic mass is 32.2. The van der Waals surface area contributed by atoms with Crippen molar-refractivity contribution in [1.29, 1.82) is 0 Å². The molecule has 0 aliphatic rings. The van der Waals surface area contributed by atoms with Crippen molar-refractivity contribution in [2.75, 3.05) is 32.5 Å². The smallest absolute Gasteiger partial charge is 0.209 e. The van der Waals surface area contributed by atoms with Crippen LogP contribution in [0.5, 0.6) is 0 Å². The van der Waals surface area contributed by atoms with Gasteiger partial charge in [0, 0.05) is 6.54 Å². The largest absolute Gasteiger partial charge is 0.377 e. The Morgan fingerprint density at radius 1 is 1.33 bits per heavy atom. The third-order valence-electron chi connectivity index (χ3n) is 1.89. The summed E-state index contributed by atoms with van der Waals surface area (Å²) in [5, 5.41) is 4.89. The van der Waals surface area contributed by atoms with E-state index in [1.54, 1.807) is 0 Å². The summed E-state index contributed by atoms with van der Waals surface area (Å²) < 4.78 is 26.7. The van der Waals surface area contributed by atoms with E-state index >= 15 is 0 Å². The Morgan fingerprint density at radius 3 is 2.40 bits per heavy atom. The SMILES string of the molecule is CC(C)OCCN(C)CCCS(N)(=O)=O. The Labute approximate surface area is 92.6 Å². The van der Waals surface area contributed by atoms with Gasteiger partial charge in [0.15, 0.2) is 0 Å². The second-order valence-corrected chi connectivity index (χ2v) is 5.68. The molecule has 0 aliphatic heterocycles. The van der Waals surface area contributed by atoms with Crippen LogP contribution in [-0.4, -0.2) is 51.9 Å². The van der Waals surface area contributed by atoms with E-state index in [9.17, 15) is 8.42 Å². The number of nitrogens with zero attached hydrogens (tertiary/aromatic N) is 1. The second-order valence-electron chi connectivity index (χ2n) is 3.94. The van der Waals surface area contributed by atoms with E-state index < -0.39 is 10.0 Å². The Hall–Kier alpha value is -0.170. The molecule has 0 heterocycles. The van der Waals surface area contributed by atoms with Gasteiger partial charge in [0.1, 0.15) is 0 Å².